The van der Waals surface area contributed by atoms with Crippen molar-refractivity contribution in [3.63, 3.8) is 0 Å². The average molecular weight is 330 g/mol. The monoisotopic (exact) mass is 330 g/mol. The number of unbranched alkanes of at least 4 members (excludes halogenated alkanes) is 2. The van der Waals surface area contributed by atoms with E-state index in [0.717, 1.165) is 25.7 Å². The van der Waals surface area contributed by atoms with Crippen molar-refractivity contribution in [2.24, 2.45) is 5.92 Å². The van der Waals surface area contributed by atoms with Crippen molar-refractivity contribution >= 4 is 5.76 Å². The van der Waals surface area contributed by atoms with E-state index in [0.29, 0.717) is 18.9 Å². The second-order valence-corrected chi connectivity index (χ2v) is 6.09. The standard InChI is InChI=1S/C18H22F4O/c1-3-4-5-6-13-8-10-15(23-11-13)14-9-7-12(2)16(17(14)19)18(20,21)22/h7,9-10,13H,3-6,8,11H2,1-2H3. The molecule has 23 heavy (non-hydrogen) atoms. The molecular weight excluding hydrogens is 308 g/mol. The van der Waals surface area contributed by atoms with Crippen LogP contribution in [-0.4, -0.2) is 6.61 Å². The highest BCUT2D eigenvalue weighted by Crippen LogP contribution is 2.38. The maximum absolute atomic E-state index is 14.3. The van der Waals surface area contributed by atoms with Crippen molar-refractivity contribution < 1.29 is 22.3 Å². The first-order valence-electron chi connectivity index (χ1n) is 8.04. The topological polar surface area (TPSA) is 9.23 Å². The molecule has 0 aliphatic carbocycles. The summed E-state index contributed by atoms with van der Waals surface area (Å²) in [6.07, 6.45) is 2.18. The lowest BCUT2D eigenvalue weighted by Crippen LogP contribution is -2.16. The number of hydrogen-bond acceptors (Lipinski definition) is 1. The van der Waals surface area contributed by atoms with E-state index in [1.54, 1.807) is 6.08 Å². The number of aryl methyl sites for hydroxylation is 1. The molecule has 1 aliphatic heterocycles. The number of rotatable bonds is 5. The van der Waals surface area contributed by atoms with Gasteiger partial charge in [-0.05, 0) is 43.4 Å². The Labute approximate surface area is 134 Å². The van der Waals surface area contributed by atoms with Crippen LogP contribution in [0.4, 0.5) is 17.6 Å². The molecule has 0 fully saturated rings. The first-order chi connectivity index (χ1) is 10.8. The highest BCUT2D eigenvalue weighted by atomic mass is 19.4. The Morgan fingerprint density at radius 2 is 1.96 bits per heavy atom. The van der Waals surface area contributed by atoms with E-state index in [4.69, 9.17) is 4.74 Å². The normalized spacial score (nSPS) is 18.5. The zero-order valence-corrected chi connectivity index (χ0v) is 13.5. The van der Waals surface area contributed by atoms with Gasteiger partial charge in [0.25, 0.3) is 0 Å². The Kier molecular flexibility index (Phi) is 5.71. The Balaban J connectivity index is 2.17. The van der Waals surface area contributed by atoms with Gasteiger partial charge in [-0.25, -0.2) is 4.39 Å². The first kappa shape index (κ1) is 17.8. The fourth-order valence-electron chi connectivity index (χ4n) is 2.89. The van der Waals surface area contributed by atoms with Gasteiger partial charge in [-0.1, -0.05) is 32.3 Å². The van der Waals surface area contributed by atoms with Crippen molar-refractivity contribution in [3.05, 3.63) is 40.7 Å². The first-order valence-corrected chi connectivity index (χ1v) is 8.04. The zero-order valence-electron chi connectivity index (χ0n) is 13.5. The largest absolute Gasteiger partial charge is 0.493 e. The van der Waals surface area contributed by atoms with Gasteiger partial charge in [0.05, 0.1) is 17.7 Å². The van der Waals surface area contributed by atoms with Gasteiger partial charge in [0.1, 0.15) is 11.6 Å². The minimum Gasteiger partial charge on any atom is -0.493 e. The molecule has 5 heteroatoms. The van der Waals surface area contributed by atoms with Crippen LogP contribution in [0.15, 0.2) is 18.2 Å². The molecule has 1 heterocycles. The summed E-state index contributed by atoms with van der Waals surface area (Å²) < 4.78 is 58.8. The quantitative estimate of drug-likeness (QED) is 0.467. The molecule has 0 saturated carbocycles. The van der Waals surface area contributed by atoms with Crippen LogP contribution in [0.2, 0.25) is 0 Å². The minimum absolute atomic E-state index is 0.102. The average Bonchev–Trinajstić information content (AvgIpc) is 2.47. The van der Waals surface area contributed by atoms with Gasteiger partial charge in [-0.3, -0.25) is 0 Å². The van der Waals surface area contributed by atoms with E-state index in [1.807, 2.05) is 0 Å². The van der Waals surface area contributed by atoms with Crippen molar-refractivity contribution in [2.45, 2.75) is 52.1 Å². The summed E-state index contributed by atoms with van der Waals surface area (Å²) in [7, 11) is 0. The van der Waals surface area contributed by atoms with E-state index in [-0.39, 0.29) is 16.9 Å². The zero-order chi connectivity index (χ0) is 17.0. The summed E-state index contributed by atoms with van der Waals surface area (Å²) in [5.41, 5.74) is -1.42. The number of allylic oxidation sites excluding steroid dienone is 1. The highest BCUT2D eigenvalue weighted by Gasteiger charge is 2.37. The van der Waals surface area contributed by atoms with Crippen LogP contribution >= 0.6 is 0 Å². The van der Waals surface area contributed by atoms with Crippen LogP contribution in [0.5, 0.6) is 0 Å². The SMILES string of the molecule is CCCCCC1CC=C(c2ccc(C)c(C(F)(F)F)c2F)OC1. The second kappa shape index (κ2) is 7.37. The molecule has 0 N–H and O–H groups in total. The molecule has 0 bridgehead atoms. The van der Waals surface area contributed by atoms with Gasteiger partial charge in [0.15, 0.2) is 0 Å². The molecule has 1 atom stereocenters. The Morgan fingerprint density at radius 3 is 2.52 bits per heavy atom. The van der Waals surface area contributed by atoms with Gasteiger partial charge < -0.3 is 4.74 Å². The lowest BCUT2D eigenvalue weighted by molar-refractivity contribution is -0.140. The summed E-state index contributed by atoms with van der Waals surface area (Å²) in [5, 5.41) is 0. The molecule has 128 valence electrons. The van der Waals surface area contributed by atoms with Crippen molar-refractivity contribution in [1.29, 1.82) is 0 Å². The van der Waals surface area contributed by atoms with Crippen molar-refractivity contribution in [3.8, 4) is 0 Å². The van der Waals surface area contributed by atoms with E-state index >= 15 is 0 Å². The number of hydrogen-bond donors (Lipinski definition) is 0. The molecule has 0 aromatic heterocycles. The fourth-order valence-corrected chi connectivity index (χ4v) is 2.89. The molecular formula is C18H22F4O. The number of benzene rings is 1. The molecule has 1 aliphatic rings. The Hall–Kier alpha value is -1.52. The predicted octanol–water partition coefficient (Wildman–Crippen LogP) is 6.11. The second-order valence-electron chi connectivity index (χ2n) is 6.09. The van der Waals surface area contributed by atoms with Gasteiger partial charge in [-0.15, -0.1) is 0 Å². The molecule has 0 amide bonds. The molecule has 1 aromatic carbocycles. The van der Waals surface area contributed by atoms with E-state index < -0.39 is 17.6 Å². The number of ether oxygens (including phenoxy) is 1. The lowest BCUT2D eigenvalue weighted by Gasteiger charge is -2.24. The van der Waals surface area contributed by atoms with E-state index in [2.05, 4.69) is 6.92 Å². The summed E-state index contributed by atoms with van der Waals surface area (Å²) in [4.78, 5) is 0. The van der Waals surface area contributed by atoms with Crippen LogP contribution < -0.4 is 0 Å². The summed E-state index contributed by atoms with van der Waals surface area (Å²) in [6.45, 7) is 3.83. The molecule has 0 saturated heterocycles. The maximum atomic E-state index is 14.3. The Morgan fingerprint density at radius 1 is 1.22 bits per heavy atom. The van der Waals surface area contributed by atoms with Crippen LogP contribution in [0.25, 0.3) is 5.76 Å². The fraction of sp³-hybridized carbons (Fsp3) is 0.556. The van der Waals surface area contributed by atoms with Gasteiger partial charge >= 0.3 is 6.18 Å². The molecule has 0 spiro atoms. The molecule has 1 nitrogen and oxygen atoms in total. The third-order valence-electron chi connectivity index (χ3n) is 4.23. The third-order valence-corrected chi connectivity index (χ3v) is 4.23. The molecule has 0 radical (unpaired) electrons. The van der Waals surface area contributed by atoms with Crippen LogP contribution in [-0.2, 0) is 10.9 Å². The van der Waals surface area contributed by atoms with Crippen molar-refractivity contribution in [2.75, 3.05) is 6.61 Å². The maximum Gasteiger partial charge on any atom is 0.419 e. The van der Waals surface area contributed by atoms with Gasteiger partial charge in [0, 0.05) is 0 Å². The van der Waals surface area contributed by atoms with Gasteiger partial charge in [-0.2, -0.15) is 13.2 Å². The van der Waals surface area contributed by atoms with E-state index in [1.165, 1.54) is 19.1 Å². The van der Waals surface area contributed by atoms with Crippen LogP contribution in [0.3, 0.4) is 0 Å². The molecule has 1 unspecified atom stereocenters. The summed E-state index contributed by atoms with van der Waals surface area (Å²) in [5.74, 6) is -0.658. The number of halogens is 4. The highest BCUT2D eigenvalue weighted by molar-refractivity contribution is 5.63. The smallest absolute Gasteiger partial charge is 0.419 e. The summed E-state index contributed by atoms with van der Waals surface area (Å²) >= 11 is 0. The molecule has 2 rings (SSSR count). The van der Waals surface area contributed by atoms with Crippen molar-refractivity contribution in [1.82, 2.24) is 0 Å². The Bertz CT molecular complexity index is 575. The van der Waals surface area contributed by atoms with Gasteiger partial charge in [0.2, 0.25) is 0 Å². The summed E-state index contributed by atoms with van der Waals surface area (Å²) in [6, 6.07) is 2.65. The predicted molar refractivity (Wildman–Crippen MR) is 82.3 cm³/mol. The molecule has 1 aromatic rings. The minimum atomic E-state index is -4.71. The van der Waals surface area contributed by atoms with Crippen LogP contribution in [0, 0.1) is 18.7 Å². The van der Waals surface area contributed by atoms with Crippen LogP contribution in [0.1, 0.15) is 55.7 Å². The number of alkyl halides is 3. The lowest BCUT2D eigenvalue weighted by atomic mass is 9.95. The van der Waals surface area contributed by atoms with E-state index in [9.17, 15) is 17.6 Å². The third kappa shape index (κ3) is 4.27.